The molecule has 12 heteroatoms. The molecule has 0 radical (unpaired) electrons. The third kappa shape index (κ3) is 4.66. The molecule has 0 aliphatic carbocycles. The minimum Gasteiger partial charge on any atom is -0.398 e. The number of anilines is 3. The normalized spacial score (nSPS) is 17.1. The van der Waals surface area contributed by atoms with Crippen LogP contribution >= 0.6 is 0 Å². The van der Waals surface area contributed by atoms with Crippen LogP contribution in [-0.2, 0) is 23.0 Å². The van der Waals surface area contributed by atoms with Gasteiger partial charge in [-0.15, -0.1) is 0 Å². The molecule has 0 bridgehead atoms. The number of nitrogens with zero attached hydrogens (tertiary/aromatic N) is 4. The first-order valence-electron chi connectivity index (χ1n) is 11.7. The van der Waals surface area contributed by atoms with Gasteiger partial charge in [-0.25, -0.2) is 12.8 Å². The zero-order valence-electron chi connectivity index (χ0n) is 19.9. The Morgan fingerprint density at radius 3 is 2.61 bits per heavy atom. The highest BCUT2D eigenvalue weighted by Gasteiger charge is 2.32. The molecule has 0 spiro atoms. The Balaban J connectivity index is 1.32. The summed E-state index contributed by atoms with van der Waals surface area (Å²) in [5.41, 5.74) is 9.18. The van der Waals surface area contributed by atoms with Gasteiger partial charge in [0.2, 0.25) is 10.0 Å². The number of halogens is 1. The van der Waals surface area contributed by atoms with Crippen molar-refractivity contribution in [1.29, 1.82) is 0 Å². The molecule has 1 aromatic heterocycles. The van der Waals surface area contributed by atoms with Gasteiger partial charge in [0.15, 0.2) is 5.82 Å². The molecule has 36 heavy (non-hydrogen) atoms. The zero-order chi connectivity index (χ0) is 25.4. The van der Waals surface area contributed by atoms with E-state index in [9.17, 15) is 17.6 Å². The summed E-state index contributed by atoms with van der Waals surface area (Å²) < 4.78 is 41.0. The van der Waals surface area contributed by atoms with Gasteiger partial charge in [0.05, 0.1) is 10.5 Å². The number of sulfonamides is 1. The minimum absolute atomic E-state index is 0.00187. The maximum absolute atomic E-state index is 13.6. The summed E-state index contributed by atoms with van der Waals surface area (Å²) in [4.78, 5) is 17.4. The van der Waals surface area contributed by atoms with E-state index < -0.39 is 21.7 Å². The summed E-state index contributed by atoms with van der Waals surface area (Å²) >= 11 is 0. The van der Waals surface area contributed by atoms with Crippen LogP contribution in [0.25, 0.3) is 0 Å². The Bertz CT molecular complexity index is 1400. The second kappa shape index (κ2) is 9.52. The van der Waals surface area contributed by atoms with Crippen LogP contribution in [0, 0.1) is 5.82 Å². The zero-order valence-corrected chi connectivity index (χ0v) is 20.7. The maximum Gasteiger partial charge on any atom is 0.258 e. The SMILES string of the molecule is CN1CCN(c2ccc(C(=O)Nc3n[nH]c4c3CN(S(=O)(=O)c3cccc(F)c3)CC4)c(N)c2)CC1. The average Bonchev–Trinajstić information content (AvgIpc) is 3.26. The van der Waals surface area contributed by atoms with Crippen LogP contribution < -0.4 is 16.0 Å². The number of nitrogen functional groups attached to an aromatic ring is 1. The molecular formula is C24H28FN7O3S. The fraction of sp³-hybridized carbons (Fsp3) is 0.333. The number of aromatic amines is 1. The number of piperazine rings is 1. The van der Waals surface area contributed by atoms with E-state index >= 15 is 0 Å². The quantitative estimate of drug-likeness (QED) is 0.445. The molecule has 2 aromatic carbocycles. The average molecular weight is 514 g/mol. The predicted octanol–water partition coefficient (Wildman–Crippen LogP) is 1.88. The monoisotopic (exact) mass is 513 g/mol. The highest BCUT2D eigenvalue weighted by atomic mass is 32.2. The number of carbonyl (C=O) groups excluding carboxylic acids is 1. The van der Waals surface area contributed by atoms with Gasteiger partial charge >= 0.3 is 0 Å². The van der Waals surface area contributed by atoms with Gasteiger partial charge in [0.1, 0.15) is 5.82 Å². The number of amides is 1. The van der Waals surface area contributed by atoms with E-state index in [1.807, 2.05) is 6.07 Å². The molecule has 190 valence electrons. The van der Waals surface area contributed by atoms with Crippen molar-refractivity contribution in [3.63, 3.8) is 0 Å². The van der Waals surface area contributed by atoms with Crippen molar-refractivity contribution in [3.05, 3.63) is 65.1 Å². The van der Waals surface area contributed by atoms with Gasteiger partial charge in [-0.2, -0.15) is 9.40 Å². The van der Waals surface area contributed by atoms with Gasteiger partial charge < -0.3 is 20.9 Å². The molecule has 3 aromatic rings. The second-order valence-electron chi connectivity index (χ2n) is 9.09. The number of nitrogens with two attached hydrogens (primary N) is 1. The van der Waals surface area contributed by atoms with Crippen molar-refractivity contribution in [3.8, 4) is 0 Å². The second-order valence-corrected chi connectivity index (χ2v) is 11.0. The predicted molar refractivity (Wildman–Crippen MR) is 135 cm³/mol. The van der Waals surface area contributed by atoms with Gasteiger partial charge in [-0.1, -0.05) is 6.07 Å². The number of fused-ring (bicyclic) bond motifs is 1. The van der Waals surface area contributed by atoms with Crippen LogP contribution in [0.2, 0.25) is 0 Å². The number of carbonyl (C=O) groups is 1. The van der Waals surface area contributed by atoms with E-state index in [4.69, 9.17) is 5.73 Å². The summed E-state index contributed by atoms with van der Waals surface area (Å²) in [6.45, 7) is 3.89. The number of benzene rings is 2. The molecule has 1 amide bonds. The van der Waals surface area contributed by atoms with Gasteiger partial charge in [-0.05, 0) is 43.4 Å². The number of hydrogen-bond acceptors (Lipinski definition) is 7. The lowest BCUT2D eigenvalue weighted by molar-refractivity contribution is 0.102. The van der Waals surface area contributed by atoms with Crippen molar-refractivity contribution in [1.82, 2.24) is 19.4 Å². The first kappa shape index (κ1) is 24.2. The lowest BCUT2D eigenvalue weighted by Gasteiger charge is -2.34. The van der Waals surface area contributed by atoms with E-state index in [2.05, 4.69) is 32.4 Å². The van der Waals surface area contributed by atoms with Crippen LogP contribution in [0.1, 0.15) is 21.6 Å². The molecule has 10 nitrogen and oxygen atoms in total. The standard InChI is InChI=1S/C24H28FN7O3S/c1-30-9-11-31(12-10-30)17-5-6-19(21(26)14-17)24(33)27-23-20-15-32(8-7-22(20)28-29-23)36(34,35)18-4-2-3-16(25)13-18/h2-6,13-14H,7-12,15,26H2,1H3,(H2,27,28,29,33). The number of nitrogens with one attached hydrogen (secondary N) is 2. The Morgan fingerprint density at radius 2 is 1.89 bits per heavy atom. The Morgan fingerprint density at radius 1 is 1.11 bits per heavy atom. The first-order chi connectivity index (χ1) is 17.2. The van der Waals surface area contributed by atoms with Gasteiger partial charge in [0, 0.05) is 68.3 Å². The number of H-pyrrole nitrogens is 1. The summed E-state index contributed by atoms with van der Waals surface area (Å²) in [7, 11) is -1.83. The minimum atomic E-state index is -3.92. The van der Waals surface area contributed by atoms with Crippen LogP contribution in [0.4, 0.5) is 21.6 Å². The Labute approximate surface area is 208 Å². The fourth-order valence-electron chi connectivity index (χ4n) is 4.55. The summed E-state index contributed by atoms with van der Waals surface area (Å²) in [5, 5.41) is 9.86. The van der Waals surface area contributed by atoms with E-state index in [0.29, 0.717) is 23.2 Å². The molecule has 4 N–H and O–H groups in total. The molecule has 0 unspecified atom stereocenters. The topological polar surface area (TPSA) is 128 Å². The summed E-state index contributed by atoms with van der Waals surface area (Å²) in [6, 6.07) is 10.3. The van der Waals surface area contributed by atoms with E-state index in [1.165, 1.54) is 22.5 Å². The third-order valence-electron chi connectivity index (χ3n) is 6.71. The van der Waals surface area contributed by atoms with Gasteiger partial charge in [0.25, 0.3) is 5.91 Å². The lowest BCUT2D eigenvalue weighted by Crippen LogP contribution is -2.44. The largest absolute Gasteiger partial charge is 0.398 e. The van der Waals surface area contributed by atoms with Crippen molar-refractivity contribution >= 4 is 33.1 Å². The molecule has 0 saturated carbocycles. The van der Waals surface area contributed by atoms with Crippen LogP contribution in [0.5, 0.6) is 0 Å². The molecule has 1 saturated heterocycles. The van der Waals surface area contributed by atoms with Crippen molar-refractivity contribution < 1.29 is 17.6 Å². The first-order valence-corrected chi connectivity index (χ1v) is 13.1. The van der Waals surface area contributed by atoms with Crippen LogP contribution in [0.15, 0.2) is 47.4 Å². The van der Waals surface area contributed by atoms with Crippen LogP contribution in [0.3, 0.4) is 0 Å². The summed E-state index contributed by atoms with van der Waals surface area (Å²) in [6.07, 6.45) is 0.384. The fourth-order valence-corrected chi connectivity index (χ4v) is 5.99. The molecule has 2 aliphatic heterocycles. The summed E-state index contributed by atoms with van der Waals surface area (Å²) in [5.74, 6) is -0.810. The molecule has 0 atom stereocenters. The van der Waals surface area contributed by atoms with Gasteiger partial charge in [-0.3, -0.25) is 9.89 Å². The number of hydrogen-bond donors (Lipinski definition) is 3. The smallest absolute Gasteiger partial charge is 0.258 e. The molecule has 1 fully saturated rings. The molecule has 3 heterocycles. The van der Waals surface area contributed by atoms with Crippen molar-refractivity contribution in [2.45, 2.75) is 17.9 Å². The lowest BCUT2D eigenvalue weighted by atomic mass is 10.1. The molecule has 5 rings (SSSR count). The van der Waals surface area contributed by atoms with Crippen molar-refractivity contribution in [2.75, 3.05) is 55.7 Å². The Hall–Kier alpha value is -3.48. The third-order valence-corrected chi connectivity index (χ3v) is 8.55. The highest BCUT2D eigenvalue weighted by molar-refractivity contribution is 7.89. The highest BCUT2D eigenvalue weighted by Crippen LogP contribution is 2.29. The molecular weight excluding hydrogens is 485 g/mol. The number of likely N-dealkylation sites (N-methyl/N-ethyl adjacent to an activating group) is 1. The number of rotatable bonds is 5. The van der Waals surface area contributed by atoms with E-state index in [1.54, 1.807) is 12.1 Å². The molecule has 2 aliphatic rings. The van der Waals surface area contributed by atoms with E-state index in [0.717, 1.165) is 43.6 Å². The van der Waals surface area contributed by atoms with Crippen molar-refractivity contribution in [2.24, 2.45) is 0 Å². The number of aromatic nitrogens is 2. The van der Waals surface area contributed by atoms with Crippen LogP contribution in [-0.4, -0.2) is 73.5 Å². The Kier molecular flexibility index (Phi) is 6.41. The maximum atomic E-state index is 13.6. The van der Waals surface area contributed by atoms with E-state index in [-0.39, 0.29) is 23.8 Å².